The van der Waals surface area contributed by atoms with E-state index in [9.17, 15) is 19.5 Å². The van der Waals surface area contributed by atoms with Crippen LogP contribution in [0.1, 0.15) is 33.6 Å². The van der Waals surface area contributed by atoms with Crippen molar-refractivity contribution < 1.29 is 19.5 Å². The van der Waals surface area contributed by atoms with Crippen LogP contribution in [0.4, 0.5) is 5.00 Å². The molecule has 2 aliphatic rings. The molecule has 1 aliphatic heterocycles. The standard InChI is InChI=1S/C14H16N2O4S/c1-16-6-7(5-10(16)17)12(18)15-13-11(14(19)20)8-3-2-4-9(8)21-13/h7H,2-6H2,1H3,(H,15,18)(H,19,20). The molecule has 7 heteroatoms. The molecule has 2 heterocycles. The van der Waals surface area contributed by atoms with Gasteiger partial charge in [0, 0.05) is 24.9 Å². The Morgan fingerprint density at radius 1 is 1.38 bits per heavy atom. The minimum Gasteiger partial charge on any atom is -0.478 e. The van der Waals surface area contributed by atoms with Gasteiger partial charge in [-0.1, -0.05) is 0 Å². The predicted octanol–water partition coefficient (Wildman–Crippen LogP) is 1.35. The lowest BCUT2D eigenvalue weighted by atomic mass is 10.1. The van der Waals surface area contributed by atoms with Gasteiger partial charge in [0.05, 0.1) is 11.5 Å². The molecule has 0 saturated carbocycles. The second-order valence-electron chi connectivity index (χ2n) is 5.53. The van der Waals surface area contributed by atoms with E-state index >= 15 is 0 Å². The number of carbonyl (C=O) groups is 3. The van der Waals surface area contributed by atoms with E-state index in [-0.39, 0.29) is 23.8 Å². The number of carbonyl (C=O) groups excluding carboxylic acids is 2. The highest BCUT2D eigenvalue weighted by Gasteiger charge is 2.34. The third kappa shape index (κ3) is 2.42. The lowest BCUT2D eigenvalue weighted by molar-refractivity contribution is -0.127. The maximum absolute atomic E-state index is 12.2. The lowest BCUT2D eigenvalue weighted by Gasteiger charge is -2.11. The van der Waals surface area contributed by atoms with Crippen molar-refractivity contribution in [1.29, 1.82) is 0 Å². The molecule has 1 fully saturated rings. The fourth-order valence-corrected chi connectivity index (χ4v) is 4.26. The van der Waals surface area contributed by atoms with E-state index in [1.807, 2.05) is 0 Å². The Morgan fingerprint density at radius 3 is 2.76 bits per heavy atom. The zero-order valence-corrected chi connectivity index (χ0v) is 12.5. The summed E-state index contributed by atoms with van der Waals surface area (Å²) in [6.45, 7) is 0.387. The molecule has 0 radical (unpaired) electrons. The number of nitrogens with zero attached hydrogens (tertiary/aromatic N) is 1. The Kier molecular flexibility index (Phi) is 3.44. The summed E-state index contributed by atoms with van der Waals surface area (Å²) in [6.07, 6.45) is 2.79. The molecule has 2 amide bonds. The van der Waals surface area contributed by atoms with Gasteiger partial charge in [-0.2, -0.15) is 0 Å². The first kappa shape index (κ1) is 14.1. The van der Waals surface area contributed by atoms with Gasteiger partial charge in [0.2, 0.25) is 11.8 Å². The first-order chi connectivity index (χ1) is 9.97. The van der Waals surface area contributed by atoms with Crippen LogP contribution in [0.25, 0.3) is 0 Å². The first-order valence-electron chi connectivity index (χ1n) is 6.90. The maximum Gasteiger partial charge on any atom is 0.339 e. The van der Waals surface area contributed by atoms with E-state index in [0.29, 0.717) is 11.5 Å². The van der Waals surface area contributed by atoms with Crippen LogP contribution in [0.15, 0.2) is 0 Å². The monoisotopic (exact) mass is 308 g/mol. The van der Waals surface area contributed by atoms with Crippen LogP contribution in [0.3, 0.4) is 0 Å². The van der Waals surface area contributed by atoms with E-state index in [1.54, 1.807) is 7.05 Å². The van der Waals surface area contributed by atoms with Crippen LogP contribution in [-0.2, 0) is 22.4 Å². The van der Waals surface area contributed by atoms with Crippen molar-refractivity contribution in [3.8, 4) is 0 Å². The Labute approximate surface area is 125 Å². The number of hydrogen-bond donors (Lipinski definition) is 2. The minimum atomic E-state index is -0.996. The van der Waals surface area contributed by atoms with Gasteiger partial charge in [-0.3, -0.25) is 9.59 Å². The number of fused-ring (bicyclic) bond motifs is 1. The molecule has 1 unspecified atom stereocenters. The van der Waals surface area contributed by atoms with E-state index < -0.39 is 11.9 Å². The molecule has 2 N–H and O–H groups in total. The van der Waals surface area contributed by atoms with Gasteiger partial charge < -0.3 is 15.3 Å². The van der Waals surface area contributed by atoms with Gasteiger partial charge in [0.1, 0.15) is 5.00 Å². The molecule has 6 nitrogen and oxygen atoms in total. The zero-order chi connectivity index (χ0) is 15.1. The molecule has 1 aliphatic carbocycles. The number of thiophene rings is 1. The molecule has 112 valence electrons. The smallest absolute Gasteiger partial charge is 0.339 e. The molecule has 0 bridgehead atoms. The molecule has 1 atom stereocenters. The highest BCUT2D eigenvalue weighted by atomic mass is 32.1. The number of carboxylic acid groups (broad SMARTS) is 1. The van der Waals surface area contributed by atoms with E-state index in [4.69, 9.17) is 0 Å². The van der Waals surface area contributed by atoms with Crippen LogP contribution >= 0.6 is 11.3 Å². The molecule has 0 spiro atoms. The first-order valence-corrected chi connectivity index (χ1v) is 7.71. The molecule has 3 rings (SSSR count). The van der Waals surface area contributed by atoms with Crippen molar-refractivity contribution in [1.82, 2.24) is 4.90 Å². The lowest BCUT2D eigenvalue weighted by Crippen LogP contribution is -2.26. The molecule has 1 aromatic rings. The third-order valence-electron chi connectivity index (χ3n) is 4.08. The van der Waals surface area contributed by atoms with E-state index in [1.165, 1.54) is 16.2 Å². The number of aryl methyl sites for hydroxylation is 1. The number of hydrogen-bond acceptors (Lipinski definition) is 4. The average Bonchev–Trinajstić information content (AvgIpc) is 3.04. The maximum atomic E-state index is 12.2. The van der Waals surface area contributed by atoms with Gasteiger partial charge in [0.15, 0.2) is 0 Å². The van der Waals surface area contributed by atoms with Gasteiger partial charge in [-0.05, 0) is 24.8 Å². The summed E-state index contributed by atoms with van der Waals surface area (Å²) in [5.74, 6) is -1.72. The van der Waals surface area contributed by atoms with E-state index in [2.05, 4.69) is 5.32 Å². The van der Waals surface area contributed by atoms with Gasteiger partial charge in [0.25, 0.3) is 0 Å². The molecule has 0 aromatic carbocycles. The van der Waals surface area contributed by atoms with Crippen molar-refractivity contribution in [2.75, 3.05) is 18.9 Å². The average molecular weight is 308 g/mol. The summed E-state index contributed by atoms with van der Waals surface area (Å²) < 4.78 is 0. The van der Waals surface area contributed by atoms with E-state index in [0.717, 1.165) is 29.7 Å². The second-order valence-corrected chi connectivity index (χ2v) is 6.64. The highest BCUT2D eigenvalue weighted by molar-refractivity contribution is 7.17. The van der Waals surface area contributed by atoms with Crippen molar-refractivity contribution in [2.24, 2.45) is 5.92 Å². The molecule has 21 heavy (non-hydrogen) atoms. The summed E-state index contributed by atoms with van der Waals surface area (Å²) in [7, 11) is 1.66. The van der Waals surface area contributed by atoms with Gasteiger partial charge in [-0.25, -0.2) is 4.79 Å². The molecule has 1 aromatic heterocycles. The van der Waals surface area contributed by atoms with Crippen LogP contribution in [0.2, 0.25) is 0 Å². The van der Waals surface area contributed by atoms with Gasteiger partial charge in [-0.15, -0.1) is 11.3 Å². The Morgan fingerprint density at radius 2 is 2.14 bits per heavy atom. The Hall–Kier alpha value is -1.89. The van der Waals surface area contributed by atoms with Crippen molar-refractivity contribution >= 4 is 34.1 Å². The number of nitrogens with one attached hydrogen (secondary N) is 1. The predicted molar refractivity (Wildman–Crippen MR) is 77.7 cm³/mol. The highest BCUT2D eigenvalue weighted by Crippen LogP contribution is 2.39. The zero-order valence-electron chi connectivity index (χ0n) is 11.6. The van der Waals surface area contributed by atoms with Gasteiger partial charge >= 0.3 is 5.97 Å². The number of carboxylic acids is 1. The summed E-state index contributed by atoms with van der Waals surface area (Å²) in [5, 5.41) is 12.5. The number of anilines is 1. The summed E-state index contributed by atoms with van der Waals surface area (Å²) >= 11 is 1.35. The number of likely N-dealkylation sites (tertiary alicyclic amines) is 1. The Balaban J connectivity index is 1.81. The molecular weight excluding hydrogens is 292 g/mol. The summed E-state index contributed by atoms with van der Waals surface area (Å²) in [4.78, 5) is 37.7. The summed E-state index contributed by atoms with van der Waals surface area (Å²) in [5.41, 5.74) is 1.10. The molecule has 1 saturated heterocycles. The van der Waals surface area contributed by atoms with Crippen molar-refractivity contribution in [3.05, 3.63) is 16.0 Å². The topological polar surface area (TPSA) is 86.7 Å². The normalized spacial score (nSPS) is 20.7. The second kappa shape index (κ2) is 5.14. The number of amides is 2. The van der Waals surface area contributed by atoms with Crippen LogP contribution in [-0.4, -0.2) is 41.4 Å². The van der Waals surface area contributed by atoms with Crippen LogP contribution in [0.5, 0.6) is 0 Å². The quantitative estimate of drug-likeness (QED) is 0.882. The number of rotatable bonds is 3. The fourth-order valence-electron chi connectivity index (χ4n) is 2.97. The van der Waals surface area contributed by atoms with Crippen LogP contribution in [0, 0.1) is 5.92 Å². The van der Waals surface area contributed by atoms with Crippen LogP contribution < -0.4 is 5.32 Å². The Bertz CT molecular complexity index is 637. The van der Waals surface area contributed by atoms with Crippen molar-refractivity contribution in [3.63, 3.8) is 0 Å². The third-order valence-corrected chi connectivity index (χ3v) is 5.29. The molecular formula is C14H16N2O4S. The largest absolute Gasteiger partial charge is 0.478 e. The SMILES string of the molecule is CN1CC(C(=O)Nc2sc3c(c2C(=O)O)CCC3)CC1=O. The number of aromatic carboxylic acids is 1. The summed E-state index contributed by atoms with van der Waals surface area (Å²) in [6, 6.07) is 0. The van der Waals surface area contributed by atoms with Crippen molar-refractivity contribution in [2.45, 2.75) is 25.7 Å². The minimum absolute atomic E-state index is 0.0534. The fraction of sp³-hybridized carbons (Fsp3) is 0.500.